The van der Waals surface area contributed by atoms with Crippen molar-refractivity contribution in [1.29, 1.82) is 0 Å². The molecule has 0 unspecified atom stereocenters. The Bertz CT molecular complexity index is 577. The molecule has 2 aromatic rings. The summed E-state index contributed by atoms with van der Waals surface area (Å²) in [7, 11) is 0. The van der Waals surface area contributed by atoms with E-state index in [4.69, 9.17) is 5.73 Å². The second kappa shape index (κ2) is 4.33. The van der Waals surface area contributed by atoms with Gasteiger partial charge in [0.1, 0.15) is 0 Å². The van der Waals surface area contributed by atoms with Crippen molar-refractivity contribution in [2.24, 2.45) is 0 Å². The van der Waals surface area contributed by atoms with Gasteiger partial charge in [0.15, 0.2) is 0 Å². The molecule has 2 nitrogen and oxygen atoms in total. The van der Waals surface area contributed by atoms with Gasteiger partial charge >= 0.3 is 6.18 Å². The summed E-state index contributed by atoms with van der Waals surface area (Å²) < 4.78 is 38.9. The molecule has 0 aliphatic carbocycles. The molecule has 0 saturated heterocycles. The van der Waals surface area contributed by atoms with Gasteiger partial charge in [-0.3, -0.25) is 4.98 Å². The molecular weight excluding hydrogens is 241 g/mol. The molecule has 0 radical (unpaired) electrons. The van der Waals surface area contributed by atoms with E-state index in [1.807, 2.05) is 0 Å². The standard InChI is InChI=1S/C13H11F3N2/c1-8-4-5-9(10(7-8)13(14,15)16)12-11(17)3-2-6-18-12/h2-7H,17H2,1H3. The minimum atomic E-state index is -4.43. The maximum Gasteiger partial charge on any atom is 0.417 e. The first kappa shape index (κ1) is 12.4. The Labute approximate surface area is 102 Å². The molecule has 2 N–H and O–H groups in total. The second-order valence-corrected chi connectivity index (χ2v) is 3.99. The van der Waals surface area contributed by atoms with Gasteiger partial charge in [-0.05, 0) is 25.1 Å². The number of benzene rings is 1. The van der Waals surface area contributed by atoms with Gasteiger partial charge in [0.2, 0.25) is 0 Å². The zero-order valence-electron chi connectivity index (χ0n) is 9.62. The van der Waals surface area contributed by atoms with Crippen molar-refractivity contribution >= 4 is 5.69 Å². The fraction of sp³-hybridized carbons (Fsp3) is 0.154. The molecule has 5 heteroatoms. The maximum absolute atomic E-state index is 13.0. The quantitative estimate of drug-likeness (QED) is 0.841. The fourth-order valence-electron chi connectivity index (χ4n) is 1.74. The number of nitrogen functional groups attached to an aromatic ring is 1. The van der Waals surface area contributed by atoms with Gasteiger partial charge in [-0.25, -0.2) is 0 Å². The van der Waals surface area contributed by atoms with Crippen LogP contribution < -0.4 is 5.73 Å². The molecule has 0 spiro atoms. The number of hydrogen-bond donors (Lipinski definition) is 1. The Morgan fingerprint density at radius 2 is 1.89 bits per heavy atom. The van der Waals surface area contributed by atoms with Gasteiger partial charge in [0.25, 0.3) is 0 Å². The van der Waals surface area contributed by atoms with Crippen LogP contribution in [0.1, 0.15) is 11.1 Å². The molecule has 0 aliphatic heterocycles. The van der Waals surface area contributed by atoms with Crippen LogP contribution in [0.25, 0.3) is 11.3 Å². The molecule has 1 aromatic carbocycles. The summed E-state index contributed by atoms with van der Waals surface area (Å²) in [6.07, 6.45) is -3.00. The monoisotopic (exact) mass is 252 g/mol. The number of hydrogen-bond acceptors (Lipinski definition) is 2. The van der Waals surface area contributed by atoms with Crippen LogP contribution in [-0.4, -0.2) is 4.98 Å². The lowest BCUT2D eigenvalue weighted by atomic mass is 10.00. The van der Waals surface area contributed by atoms with Crippen LogP contribution in [0.3, 0.4) is 0 Å². The van der Waals surface area contributed by atoms with Crippen molar-refractivity contribution in [2.45, 2.75) is 13.1 Å². The van der Waals surface area contributed by atoms with Crippen molar-refractivity contribution < 1.29 is 13.2 Å². The predicted molar refractivity (Wildman–Crippen MR) is 63.8 cm³/mol. The Morgan fingerprint density at radius 3 is 2.50 bits per heavy atom. The van der Waals surface area contributed by atoms with Crippen LogP contribution in [0, 0.1) is 6.92 Å². The average molecular weight is 252 g/mol. The summed E-state index contributed by atoms with van der Waals surface area (Å²) in [4.78, 5) is 3.93. The minimum absolute atomic E-state index is 0.00574. The third kappa shape index (κ3) is 2.30. The molecule has 18 heavy (non-hydrogen) atoms. The highest BCUT2D eigenvalue weighted by molar-refractivity contribution is 5.75. The first-order chi connectivity index (χ1) is 8.39. The molecule has 0 amide bonds. The zero-order chi connectivity index (χ0) is 13.3. The van der Waals surface area contributed by atoms with E-state index < -0.39 is 11.7 Å². The van der Waals surface area contributed by atoms with Crippen LogP contribution in [-0.2, 0) is 6.18 Å². The van der Waals surface area contributed by atoms with Crippen LogP contribution >= 0.6 is 0 Å². The summed E-state index contributed by atoms with van der Waals surface area (Å²) in [5.74, 6) is 0. The summed E-state index contributed by atoms with van der Waals surface area (Å²) in [5.41, 5.74) is 5.89. The normalized spacial score (nSPS) is 11.6. The number of alkyl halides is 3. The summed E-state index contributed by atoms with van der Waals surface area (Å²) in [6, 6.07) is 7.22. The minimum Gasteiger partial charge on any atom is -0.397 e. The Hall–Kier alpha value is -2.04. The van der Waals surface area contributed by atoms with E-state index >= 15 is 0 Å². The maximum atomic E-state index is 13.0. The van der Waals surface area contributed by atoms with Crippen LogP contribution in [0.15, 0.2) is 36.5 Å². The molecule has 1 heterocycles. The Kier molecular flexibility index (Phi) is 2.98. The molecule has 0 bridgehead atoms. The van der Waals surface area contributed by atoms with Crippen molar-refractivity contribution in [3.63, 3.8) is 0 Å². The van der Waals surface area contributed by atoms with Crippen molar-refractivity contribution in [1.82, 2.24) is 4.98 Å². The smallest absolute Gasteiger partial charge is 0.397 e. The number of aromatic nitrogens is 1. The number of halogens is 3. The van der Waals surface area contributed by atoms with Crippen molar-refractivity contribution in [3.8, 4) is 11.3 Å². The van der Waals surface area contributed by atoms with Crippen LogP contribution in [0.4, 0.5) is 18.9 Å². The van der Waals surface area contributed by atoms with E-state index in [2.05, 4.69) is 4.98 Å². The Morgan fingerprint density at radius 1 is 1.17 bits per heavy atom. The SMILES string of the molecule is Cc1ccc(-c2ncccc2N)c(C(F)(F)F)c1. The largest absolute Gasteiger partial charge is 0.417 e. The predicted octanol–water partition coefficient (Wildman–Crippen LogP) is 3.66. The topological polar surface area (TPSA) is 38.9 Å². The number of nitrogens with two attached hydrogens (primary N) is 1. The molecular formula is C13H11F3N2. The molecule has 0 aliphatic rings. The zero-order valence-corrected chi connectivity index (χ0v) is 9.62. The molecule has 0 atom stereocenters. The average Bonchev–Trinajstić information content (AvgIpc) is 2.29. The van der Waals surface area contributed by atoms with Gasteiger partial charge in [-0.15, -0.1) is 0 Å². The van der Waals surface area contributed by atoms with Gasteiger partial charge in [0.05, 0.1) is 16.9 Å². The van der Waals surface area contributed by atoms with Crippen LogP contribution in [0.2, 0.25) is 0 Å². The third-order valence-electron chi connectivity index (χ3n) is 2.57. The van der Waals surface area contributed by atoms with Gasteiger partial charge < -0.3 is 5.73 Å². The first-order valence-electron chi connectivity index (χ1n) is 5.28. The second-order valence-electron chi connectivity index (χ2n) is 3.99. The summed E-state index contributed by atoms with van der Waals surface area (Å²) in [5, 5.41) is 0. The molecule has 0 saturated carbocycles. The Balaban J connectivity index is 2.69. The van der Waals surface area contributed by atoms with E-state index in [1.54, 1.807) is 19.1 Å². The number of rotatable bonds is 1. The molecule has 94 valence electrons. The van der Waals surface area contributed by atoms with Crippen molar-refractivity contribution in [2.75, 3.05) is 5.73 Å². The summed E-state index contributed by atoms with van der Waals surface area (Å²) >= 11 is 0. The molecule has 2 rings (SSSR count). The number of pyridine rings is 1. The number of aryl methyl sites for hydroxylation is 1. The van der Waals surface area contributed by atoms with E-state index in [9.17, 15) is 13.2 Å². The van der Waals surface area contributed by atoms with E-state index in [0.29, 0.717) is 5.56 Å². The lowest BCUT2D eigenvalue weighted by Gasteiger charge is -2.14. The van der Waals surface area contributed by atoms with Crippen LogP contribution in [0.5, 0.6) is 0 Å². The van der Waals surface area contributed by atoms with E-state index in [1.165, 1.54) is 18.3 Å². The summed E-state index contributed by atoms with van der Waals surface area (Å²) in [6.45, 7) is 1.61. The van der Waals surface area contributed by atoms with Crippen molar-refractivity contribution in [3.05, 3.63) is 47.7 Å². The third-order valence-corrected chi connectivity index (χ3v) is 2.57. The lowest BCUT2D eigenvalue weighted by Crippen LogP contribution is -2.08. The number of anilines is 1. The fourth-order valence-corrected chi connectivity index (χ4v) is 1.74. The van der Waals surface area contributed by atoms with E-state index in [-0.39, 0.29) is 16.9 Å². The highest BCUT2D eigenvalue weighted by Crippen LogP contribution is 2.38. The van der Waals surface area contributed by atoms with E-state index in [0.717, 1.165) is 6.07 Å². The lowest BCUT2D eigenvalue weighted by molar-refractivity contribution is -0.137. The van der Waals surface area contributed by atoms with Gasteiger partial charge in [0, 0.05) is 11.8 Å². The van der Waals surface area contributed by atoms with Gasteiger partial charge in [-0.2, -0.15) is 13.2 Å². The molecule has 0 fully saturated rings. The first-order valence-corrected chi connectivity index (χ1v) is 5.28. The highest BCUT2D eigenvalue weighted by Gasteiger charge is 2.34. The van der Waals surface area contributed by atoms with Gasteiger partial charge in [-0.1, -0.05) is 17.7 Å². The highest BCUT2D eigenvalue weighted by atomic mass is 19.4. The molecule has 1 aromatic heterocycles. The number of nitrogens with zero attached hydrogens (tertiary/aromatic N) is 1.